The normalized spacial score (nSPS) is 15.1. The van der Waals surface area contributed by atoms with Crippen molar-refractivity contribution in [1.82, 2.24) is 0 Å². The molecule has 0 saturated carbocycles. The second-order valence-electron chi connectivity index (χ2n) is 10.3. The van der Waals surface area contributed by atoms with E-state index in [2.05, 4.69) is 152 Å². The molecule has 1 aliphatic rings. The average Bonchev–Trinajstić information content (AvgIpc) is 2.98. The standard InChI is InChI=1S/C38H37N/c1-3-4-5-7-13-31-26-34(32-15-8-6-9-16-32)28-36(27-31)39-35-24-21-30(22-25-35)14-12-19-37-29(2)20-23-33-17-10-11-18-38(33)37/h3-12,15-19,21-29,39H,13-14,20H2,1-2H3/b4-3-,7-5-,19-12-. The highest BCUT2D eigenvalue weighted by atomic mass is 14.9. The van der Waals surface area contributed by atoms with E-state index in [0.29, 0.717) is 5.92 Å². The number of benzene rings is 4. The van der Waals surface area contributed by atoms with Gasteiger partial charge in [0.2, 0.25) is 0 Å². The summed E-state index contributed by atoms with van der Waals surface area (Å²) >= 11 is 0. The molecule has 0 fully saturated rings. The molecule has 0 aromatic heterocycles. The summed E-state index contributed by atoms with van der Waals surface area (Å²) in [4.78, 5) is 0. The van der Waals surface area contributed by atoms with Crippen LogP contribution in [0.1, 0.15) is 31.4 Å². The molecule has 39 heavy (non-hydrogen) atoms. The van der Waals surface area contributed by atoms with Crippen molar-refractivity contribution in [3.63, 3.8) is 0 Å². The minimum Gasteiger partial charge on any atom is -0.356 e. The Bertz CT molecular complexity index is 1600. The average molecular weight is 508 g/mol. The SMILES string of the molecule is C/C=C\C=C/Cc1cc(Nc2ccc(C/C=C\C3=c4ccccc4=CCC3C)cc2)cc(-c2ccccc2)c1. The van der Waals surface area contributed by atoms with Gasteiger partial charge in [0.25, 0.3) is 0 Å². The number of fused-ring (bicyclic) bond motifs is 1. The van der Waals surface area contributed by atoms with Crippen LogP contribution in [0.5, 0.6) is 0 Å². The van der Waals surface area contributed by atoms with Crippen molar-refractivity contribution in [2.45, 2.75) is 33.1 Å². The molecule has 194 valence electrons. The molecule has 0 aliphatic heterocycles. The molecule has 0 bridgehead atoms. The Morgan fingerprint density at radius 1 is 0.718 bits per heavy atom. The predicted molar refractivity (Wildman–Crippen MR) is 169 cm³/mol. The zero-order chi connectivity index (χ0) is 26.9. The Labute approximate surface area is 233 Å². The molecule has 5 rings (SSSR count). The molecule has 0 heterocycles. The molecule has 0 amide bonds. The van der Waals surface area contributed by atoms with Crippen molar-refractivity contribution in [2.75, 3.05) is 5.32 Å². The lowest BCUT2D eigenvalue weighted by Gasteiger charge is -2.15. The molecular formula is C38H37N. The molecule has 1 aliphatic carbocycles. The maximum atomic E-state index is 3.64. The fraction of sp³-hybridized carbons (Fsp3) is 0.158. The summed E-state index contributed by atoms with van der Waals surface area (Å²) < 4.78 is 0. The van der Waals surface area contributed by atoms with Crippen molar-refractivity contribution in [3.8, 4) is 11.1 Å². The van der Waals surface area contributed by atoms with Crippen LogP contribution in [-0.4, -0.2) is 0 Å². The van der Waals surface area contributed by atoms with Crippen LogP contribution in [0, 0.1) is 5.92 Å². The van der Waals surface area contributed by atoms with Crippen LogP contribution in [-0.2, 0) is 12.8 Å². The number of allylic oxidation sites excluding steroid dienone is 6. The molecule has 1 unspecified atom stereocenters. The first-order valence-electron chi connectivity index (χ1n) is 14.0. The number of nitrogens with one attached hydrogen (secondary N) is 1. The minimum atomic E-state index is 0.554. The van der Waals surface area contributed by atoms with E-state index in [4.69, 9.17) is 0 Å². The predicted octanol–water partition coefficient (Wildman–Crippen LogP) is 8.54. The Hall–Kier alpha value is -4.36. The molecule has 4 aromatic carbocycles. The van der Waals surface area contributed by atoms with Crippen LogP contribution in [0.2, 0.25) is 0 Å². The van der Waals surface area contributed by atoms with E-state index in [9.17, 15) is 0 Å². The Morgan fingerprint density at radius 3 is 2.31 bits per heavy atom. The van der Waals surface area contributed by atoms with Crippen molar-refractivity contribution in [3.05, 3.63) is 155 Å². The lowest BCUT2D eigenvalue weighted by atomic mass is 9.89. The molecule has 0 radical (unpaired) electrons. The summed E-state index contributed by atoms with van der Waals surface area (Å²) in [7, 11) is 0. The van der Waals surface area contributed by atoms with Gasteiger partial charge in [-0.1, -0.05) is 122 Å². The minimum absolute atomic E-state index is 0.554. The first-order chi connectivity index (χ1) is 19.2. The van der Waals surface area contributed by atoms with Gasteiger partial charge in [0.05, 0.1) is 0 Å². The highest BCUT2D eigenvalue weighted by Crippen LogP contribution is 2.28. The molecular weight excluding hydrogens is 470 g/mol. The van der Waals surface area contributed by atoms with E-state index < -0.39 is 0 Å². The molecule has 1 nitrogen and oxygen atoms in total. The van der Waals surface area contributed by atoms with Gasteiger partial charge in [0.15, 0.2) is 0 Å². The summed E-state index contributed by atoms with van der Waals surface area (Å²) in [5.74, 6) is 0.554. The van der Waals surface area contributed by atoms with E-state index >= 15 is 0 Å². The zero-order valence-electron chi connectivity index (χ0n) is 23.0. The van der Waals surface area contributed by atoms with E-state index in [-0.39, 0.29) is 0 Å². The maximum Gasteiger partial charge on any atom is 0.0393 e. The molecule has 0 saturated heterocycles. The number of hydrogen-bond donors (Lipinski definition) is 1. The van der Waals surface area contributed by atoms with Gasteiger partial charge in [-0.2, -0.15) is 0 Å². The highest BCUT2D eigenvalue weighted by Gasteiger charge is 2.10. The Kier molecular flexibility index (Phi) is 8.71. The molecule has 1 heteroatoms. The summed E-state index contributed by atoms with van der Waals surface area (Å²) in [5.41, 5.74) is 8.71. The monoisotopic (exact) mass is 507 g/mol. The first-order valence-corrected chi connectivity index (χ1v) is 14.0. The number of hydrogen-bond acceptors (Lipinski definition) is 1. The third kappa shape index (κ3) is 6.94. The van der Waals surface area contributed by atoms with Gasteiger partial charge in [0.1, 0.15) is 0 Å². The van der Waals surface area contributed by atoms with Gasteiger partial charge in [-0.3, -0.25) is 0 Å². The Balaban J connectivity index is 1.31. The van der Waals surface area contributed by atoms with Gasteiger partial charge in [-0.05, 0) is 94.6 Å². The van der Waals surface area contributed by atoms with Crippen LogP contribution < -0.4 is 15.8 Å². The lowest BCUT2D eigenvalue weighted by Crippen LogP contribution is -2.31. The fourth-order valence-electron chi connectivity index (χ4n) is 5.17. The molecule has 0 spiro atoms. The number of anilines is 2. The van der Waals surface area contributed by atoms with Gasteiger partial charge >= 0.3 is 0 Å². The van der Waals surface area contributed by atoms with Crippen LogP contribution in [0.4, 0.5) is 11.4 Å². The van der Waals surface area contributed by atoms with E-state index in [1.165, 1.54) is 38.3 Å². The van der Waals surface area contributed by atoms with Crippen molar-refractivity contribution >= 4 is 23.0 Å². The van der Waals surface area contributed by atoms with Crippen LogP contribution >= 0.6 is 0 Å². The summed E-state index contributed by atoms with van der Waals surface area (Å²) in [6.07, 6.45) is 18.4. The largest absolute Gasteiger partial charge is 0.356 e. The summed E-state index contributed by atoms with van der Waals surface area (Å²) in [5, 5.41) is 6.38. The third-order valence-electron chi connectivity index (χ3n) is 7.28. The Morgan fingerprint density at radius 2 is 1.49 bits per heavy atom. The quantitative estimate of drug-likeness (QED) is 0.224. The molecule has 1 atom stereocenters. The zero-order valence-corrected chi connectivity index (χ0v) is 23.0. The van der Waals surface area contributed by atoms with Crippen LogP contribution in [0.25, 0.3) is 22.8 Å². The molecule has 1 N–H and O–H groups in total. The smallest absolute Gasteiger partial charge is 0.0393 e. The van der Waals surface area contributed by atoms with Crippen molar-refractivity contribution < 1.29 is 0 Å². The van der Waals surface area contributed by atoms with Gasteiger partial charge in [0, 0.05) is 11.4 Å². The first kappa shape index (κ1) is 26.3. The summed E-state index contributed by atoms with van der Waals surface area (Å²) in [6.45, 7) is 4.36. The van der Waals surface area contributed by atoms with Crippen LogP contribution in [0.3, 0.4) is 0 Å². The number of rotatable bonds is 9. The van der Waals surface area contributed by atoms with Gasteiger partial charge in [-0.15, -0.1) is 0 Å². The van der Waals surface area contributed by atoms with Gasteiger partial charge < -0.3 is 5.32 Å². The van der Waals surface area contributed by atoms with E-state index in [1.807, 2.05) is 6.92 Å². The van der Waals surface area contributed by atoms with E-state index in [1.54, 1.807) is 0 Å². The summed E-state index contributed by atoms with van der Waals surface area (Å²) in [6, 6.07) is 34.9. The van der Waals surface area contributed by atoms with Gasteiger partial charge in [-0.25, -0.2) is 0 Å². The highest BCUT2D eigenvalue weighted by molar-refractivity contribution is 5.72. The fourth-order valence-corrected chi connectivity index (χ4v) is 5.17. The second-order valence-corrected chi connectivity index (χ2v) is 10.3. The third-order valence-corrected chi connectivity index (χ3v) is 7.28. The lowest BCUT2D eigenvalue weighted by molar-refractivity contribution is 0.778. The van der Waals surface area contributed by atoms with Crippen molar-refractivity contribution in [2.24, 2.45) is 5.92 Å². The second kappa shape index (κ2) is 12.9. The van der Waals surface area contributed by atoms with Crippen LogP contribution in [0.15, 0.2) is 134 Å². The van der Waals surface area contributed by atoms with E-state index in [0.717, 1.165) is 30.6 Å². The van der Waals surface area contributed by atoms with Crippen molar-refractivity contribution in [1.29, 1.82) is 0 Å². The topological polar surface area (TPSA) is 12.0 Å². The molecule has 4 aromatic rings. The maximum absolute atomic E-state index is 3.64.